The molecule has 0 aliphatic carbocycles. The molecule has 0 bridgehead atoms. The van der Waals surface area contributed by atoms with E-state index >= 15 is 0 Å². The molecule has 4 nitrogen and oxygen atoms in total. The van der Waals surface area contributed by atoms with E-state index in [4.69, 9.17) is 0 Å². The quantitative estimate of drug-likeness (QED) is 0.617. The second kappa shape index (κ2) is 4.94. The average molecular weight is 280 g/mol. The Labute approximate surface area is 97.9 Å². The van der Waals surface area contributed by atoms with E-state index in [1.807, 2.05) is 0 Å². The number of halogens is 6. The predicted molar refractivity (Wildman–Crippen MR) is 48.1 cm³/mol. The first-order valence-corrected chi connectivity index (χ1v) is 4.35. The lowest BCUT2D eigenvalue weighted by atomic mass is 10.0. The number of alkyl halides is 6. The summed E-state index contributed by atoms with van der Waals surface area (Å²) in [4.78, 5) is 14.7. The summed E-state index contributed by atoms with van der Waals surface area (Å²) in [7, 11) is 0. The van der Waals surface area contributed by atoms with Crippen LogP contribution in [0.5, 0.6) is 0 Å². The number of hydroxylamine groups is 1. The van der Waals surface area contributed by atoms with Gasteiger partial charge in [-0.15, -0.1) is 0 Å². The number of carbonyl (C=O) groups is 1. The van der Waals surface area contributed by atoms with Crippen molar-refractivity contribution in [3.8, 4) is 0 Å². The van der Waals surface area contributed by atoms with Gasteiger partial charge in [0.25, 0.3) is 0 Å². The van der Waals surface area contributed by atoms with Crippen molar-refractivity contribution in [1.29, 1.82) is 0 Å². The van der Waals surface area contributed by atoms with Crippen LogP contribution in [-0.4, -0.2) is 24.0 Å². The first-order chi connectivity index (χ1) is 7.81. The molecule has 10 heteroatoms. The molecule has 0 unspecified atom stereocenters. The molecule has 0 radical (unpaired) electrons. The third-order valence-electron chi connectivity index (χ3n) is 1.80. The molecular formula is C8H10F6N2O2. The number of allylic oxidation sites excluding steroid dienone is 1. The molecule has 2 N–H and O–H groups in total. The van der Waals surface area contributed by atoms with E-state index in [0.717, 1.165) is 0 Å². The van der Waals surface area contributed by atoms with E-state index < -0.39 is 24.0 Å². The second-order valence-corrected chi connectivity index (χ2v) is 3.52. The van der Waals surface area contributed by atoms with Crippen molar-refractivity contribution in [2.45, 2.75) is 31.7 Å². The standard InChI is InChI=1S/C8H10F6N2O2/c1-4(2)16-18-5(17)15-6(3,7(9,10)11)8(12,13)14/h16H,1H2,2-3H3,(H,15,17). The summed E-state index contributed by atoms with van der Waals surface area (Å²) in [6.07, 6.45) is -13.4. The molecule has 106 valence electrons. The molecule has 0 aromatic carbocycles. The number of rotatable bonds is 3. The van der Waals surface area contributed by atoms with Crippen LogP contribution in [0.15, 0.2) is 12.3 Å². The second-order valence-electron chi connectivity index (χ2n) is 3.52. The molecule has 0 fully saturated rings. The van der Waals surface area contributed by atoms with Crippen LogP contribution in [-0.2, 0) is 4.84 Å². The zero-order valence-corrected chi connectivity index (χ0v) is 9.29. The van der Waals surface area contributed by atoms with Crippen LogP contribution in [0.25, 0.3) is 0 Å². The fourth-order valence-electron chi connectivity index (χ4n) is 0.666. The minimum Gasteiger partial charge on any atom is -0.325 e. The van der Waals surface area contributed by atoms with Crippen molar-refractivity contribution in [2.75, 3.05) is 0 Å². The van der Waals surface area contributed by atoms with Crippen LogP contribution >= 0.6 is 0 Å². The zero-order valence-electron chi connectivity index (χ0n) is 9.29. The van der Waals surface area contributed by atoms with Gasteiger partial charge in [-0.2, -0.15) is 26.3 Å². The SMILES string of the molecule is C=C(C)NOC(=O)NC(C)(C(F)(F)F)C(F)(F)F. The molecule has 0 aromatic heterocycles. The smallest absolute Gasteiger partial charge is 0.325 e. The van der Waals surface area contributed by atoms with Crippen molar-refractivity contribution in [3.05, 3.63) is 12.3 Å². The maximum atomic E-state index is 12.3. The highest BCUT2D eigenvalue weighted by Crippen LogP contribution is 2.42. The van der Waals surface area contributed by atoms with Crippen LogP contribution in [0.3, 0.4) is 0 Å². The number of hydrogen-bond acceptors (Lipinski definition) is 3. The van der Waals surface area contributed by atoms with Crippen LogP contribution in [0.1, 0.15) is 13.8 Å². The van der Waals surface area contributed by atoms with Gasteiger partial charge in [0.2, 0.25) is 5.54 Å². The van der Waals surface area contributed by atoms with Crippen molar-refractivity contribution >= 4 is 6.09 Å². The third kappa shape index (κ3) is 3.70. The van der Waals surface area contributed by atoms with Gasteiger partial charge < -0.3 is 4.84 Å². The number of nitrogens with one attached hydrogen (secondary N) is 2. The lowest BCUT2D eigenvalue weighted by molar-refractivity contribution is -0.298. The first kappa shape index (κ1) is 16.4. The van der Waals surface area contributed by atoms with E-state index in [1.165, 1.54) is 6.92 Å². The Hall–Kier alpha value is -1.61. The fourth-order valence-corrected chi connectivity index (χ4v) is 0.666. The summed E-state index contributed by atoms with van der Waals surface area (Å²) < 4.78 is 74.0. The van der Waals surface area contributed by atoms with Crippen molar-refractivity contribution in [3.63, 3.8) is 0 Å². The van der Waals surface area contributed by atoms with Gasteiger partial charge in [0.05, 0.1) is 0 Å². The summed E-state index contributed by atoms with van der Waals surface area (Å²) in [6.45, 7) is 4.23. The summed E-state index contributed by atoms with van der Waals surface area (Å²) in [5.41, 5.74) is -2.66. The molecule has 0 aliphatic heterocycles. The fraction of sp³-hybridized carbons (Fsp3) is 0.625. The monoisotopic (exact) mass is 280 g/mol. The Kier molecular flexibility index (Phi) is 4.50. The summed E-state index contributed by atoms with van der Waals surface area (Å²) in [6, 6.07) is 0. The molecule has 0 spiro atoms. The van der Waals surface area contributed by atoms with Gasteiger partial charge in [0.15, 0.2) is 0 Å². The maximum absolute atomic E-state index is 12.3. The summed E-state index contributed by atoms with van der Waals surface area (Å²) in [5.74, 6) is 0. The molecule has 0 atom stereocenters. The van der Waals surface area contributed by atoms with Gasteiger partial charge in [0, 0.05) is 5.70 Å². The van der Waals surface area contributed by atoms with Gasteiger partial charge in [0.1, 0.15) is 0 Å². The third-order valence-corrected chi connectivity index (χ3v) is 1.80. The lowest BCUT2D eigenvalue weighted by Crippen LogP contribution is -2.65. The maximum Gasteiger partial charge on any atom is 0.432 e. The van der Waals surface area contributed by atoms with Crippen LogP contribution in [0, 0.1) is 0 Å². The van der Waals surface area contributed by atoms with Crippen LogP contribution in [0.4, 0.5) is 31.1 Å². The van der Waals surface area contributed by atoms with Crippen molar-refractivity contribution in [2.24, 2.45) is 0 Å². The Morgan fingerprint density at radius 1 is 1.11 bits per heavy atom. The van der Waals surface area contributed by atoms with Crippen LogP contribution < -0.4 is 10.8 Å². The molecular weight excluding hydrogens is 270 g/mol. The van der Waals surface area contributed by atoms with E-state index in [0.29, 0.717) is 5.32 Å². The lowest BCUT2D eigenvalue weighted by Gasteiger charge is -2.33. The molecule has 0 aliphatic rings. The topological polar surface area (TPSA) is 50.4 Å². The Bertz CT molecular complexity index is 321. The zero-order chi connectivity index (χ0) is 14.8. The normalized spacial score (nSPS) is 12.9. The van der Waals surface area contributed by atoms with Gasteiger partial charge in [-0.05, 0) is 13.8 Å². The Morgan fingerprint density at radius 2 is 1.50 bits per heavy atom. The molecule has 18 heavy (non-hydrogen) atoms. The van der Waals surface area contributed by atoms with E-state index in [2.05, 4.69) is 11.4 Å². The minimum absolute atomic E-state index is 0.0193. The molecule has 0 aromatic rings. The highest BCUT2D eigenvalue weighted by molar-refractivity contribution is 5.68. The first-order valence-electron chi connectivity index (χ1n) is 4.35. The Morgan fingerprint density at radius 3 is 1.78 bits per heavy atom. The van der Waals surface area contributed by atoms with Crippen LogP contribution in [0.2, 0.25) is 0 Å². The van der Waals surface area contributed by atoms with Gasteiger partial charge in [-0.25, -0.2) is 10.3 Å². The van der Waals surface area contributed by atoms with E-state index in [9.17, 15) is 31.1 Å². The number of amides is 1. The van der Waals surface area contributed by atoms with E-state index in [-0.39, 0.29) is 12.6 Å². The molecule has 1 amide bonds. The van der Waals surface area contributed by atoms with Crippen molar-refractivity contribution in [1.82, 2.24) is 10.8 Å². The average Bonchev–Trinajstić information content (AvgIpc) is 2.10. The summed E-state index contributed by atoms with van der Waals surface area (Å²) in [5, 5.41) is 0.714. The number of carbonyl (C=O) groups excluding carboxylic acids is 1. The highest BCUT2D eigenvalue weighted by atomic mass is 19.4. The molecule has 0 rings (SSSR count). The molecule has 0 saturated carbocycles. The van der Waals surface area contributed by atoms with Gasteiger partial charge >= 0.3 is 18.4 Å². The summed E-state index contributed by atoms with van der Waals surface area (Å²) >= 11 is 0. The Balaban J connectivity index is 4.95. The predicted octanol–water partition coefficient (Wildman–Crippen LogP) is 2.63. The molecule has 0 heterocycles. The molecule has 0 saturated heterocycles. The van der Waals surface area contributed by atoms with Gasteiger partial charge in [-0.1, -0.05) is 6.58 Å². The highest BCUT2D eigenvalue weighted by Gasteiger charge is 2.69. The van der Waals surface area contributed by atoms with Crippen molar-refractivity contribution < 1.29 is 36.0 Å². The minimum atomic E-state index is -5.73. The van der Waals surface area contributed by atoms with Gasteiger partial charge in [-0.3, -0.25) is 5.32 Å². The van der Waals surface area contributed by atoms with E-state index in [1.54, 1.807) is 5.48 Å². The number of hydrogen-bond donors (Lipinski definition) is 2. The largest absolute Gasteiger partial charge is 0.432 e.